The number of carbonyl (C=O) groups excluding carboxylic acids is 3. The van der Waals surface area contributed by atoms with Gasteiger partial charge in [-0.15, -0.1) is 0 Å². The van der Waals surface area contributed by atoms with E-state index in [9.17, 15) is 27.9 Å². The fraction of sp³-hybridized carbons (Fsp3) is 0.864. The topological polar surface area (TPSA) is 155 Å². The highest BCUT2D eigenvalue weighted by Gasteiger charge is 2.53. The van der Waals surface area contributed by atoms with E-state index < -0.39 is 39.9 Å². The average molecular weight is 510 g/mol. The summed E-state index contributed by atoms with van der Waals surface area (Å²) >= 11 is 0. The maximum absolute atomic E-state index is 12.8. The molecule has 11 nitrogen and oxygen atoms in total. The first-order chi connectivity index (χ1) is 15.7. The second-order valence-electron chi connectivity index (χ2n) is 9.78. The Kier molecular flexibility index (Phi) is 11.7. The molecule has 12 heteroatoms. The van der Waals surface area contributed by atoms with Gasteiger partial charge in [-0.3, -0.25) is 8.98 Å². The van der Waals surface area contributed by atoms with Crippen molar-refractivity contribution in [1.29, 1.82) is 0 Å². The summed E-state index contributed by atoms with van der Waals surface area (Å²) in [6, 6.07) is 0. The lowest BCUT2D eigenvalue weighted by atomic mass is 9.71. The van der Waals surface area contributed by atoms with E-state index in [1.54, 1.807) is 13.8 Å². The van der Waals surface area contributed by atoms with Gasteiger partial charge in [-0.1, -0.05) is 34.1 Å². The average Bonchev–Trinajstić information content (AvgIpc) is 2.74. The normalized spacial score (nSPS) is 17.0. The van der Waals surface area contributed by atoms with Gasteiger partial charge >= 0.3 is 12.1 Å². The van der Waals surface area contributed by atoms with Crippen LogP contribution in [-0.2, 0) is 38.4 Å². The largest absolute Gasteiger partial charge is 0.550 e. The summed E-state index contributed by atoms with van der Waals surface area (Å²) < 4.78 is 34.6. The molecule has 0 bridgehead atoms. The van der Waals surface area contributed by atoms with Crippen LogP contribution in [0, 0.1) is 11.3 Å². The molecular formula is C22H39NO10S. The van der Waals surface area contributed by atoms with Crippen molar-refractivity contribution in [2.45, 2.75) is 91.3 Å². The van der Waals surface area contributed by atoms with Gasteiger partial charge in [0.05, 0.1) is 12.4 Å². The van der Waals surface area contributed by atoms with Crippen molar-refractivity contribution < 1.29 is 46.6 Å². The summed E-state index contributed by atoms with van der Waals surface area (Å²) in [5.74, 6) is -2.08. The van der Waals surface area contributed by atoms with Crippen LogP contribution in [0.15, 0.2) is 0 Å². The van der Waals surface area contributed by atoms with Gasteiger partial charge in [0.2, 0.25) is 5.91 Å². The third kappa shape index (κ3) is 10.1. The van der Waals surface area contributed by atoms with E-state index in [4.69, 9.17) is 8.92 Å². The van der Waals surface area contributed by atoms with Crippen molar-refractivity contribution in [1.82, 2.24) is 5.32 Å². The summed E-state index contributed by atoms with van der Waals surface area (Å²) in [4.78, 5) is 44.7. The zero-order valence-corrected chi connectivity index (χ0v) is 21.6. The summed E-state index contributed by atoms with van der Waals surface area (Å²) in [7, 11) is -3.99. The minimum atomic E-state index is -3.99. The van der Waals surface area contributed by atoms with Crippen LogP contribution in [-0.4, -0.2) is 62.2 Å². The molecule has 198 valence electrons. The Bertz CT molecular complexity index is 790. The van der Waals surface area contributed by atoms with E-state index in [-0.39, 0.29) is 43.1 Å². The summed E-state index contributed by atoms with van der Waals surface area (Å²) in [5.41, 5.74) is -3.66. The standard InChI is InChI=1S/C22H39NO10S/c1-16(2)14-22(27,19(25)32-33-20(26)31-18-10-7-6-8-11-18)21(4,5)15-30-34(28,29)13-9-12-23-17(3)24/h16,18,27H,6-15H2,1-5H3,(H,23,24)/t22-/m0/s1. The molecule has 34 heavy (non-hydrogen) atoms. The molecule has 2 N–H and O–H groups in total. The molecular weight excluding hydrogens is 470 g/mol. The molecule has 1 aliphatic carbocycles. The second-order valence-corrected chi connectivity index (χ2v) is 11.5. The smallest absolute Gasteiger partial charge is 0.428 e. The van der Waals surface area contributed by atoms with Gasteiger partial charge in [0.15, 0.2) is 5.60 Å². The van der Waals surface area contributed by atoms with Crippen molar-refractivity contribution in [3.8, 4) is 0 Å². The molecule has 1 amide bonds. The number of rotatable bonds is 12. The van der Waals surface area contributed by atoms with Gasteiger partial charge < -0.3 is 15.2 Å². The lowest BCUT2D eigenvalue weighted by Gasteiger charge is -2.40. The Morgan fingerprint density at radius 3 is 2.26 bits per heavy atom. The van der Waals surface area contributed by atoms with Crippen LogP contribution in [0.5, 0.6) is 0 Å². The Hall–Kier alpha value is -1.92. The number of nitrogens with one attached hydrogen (secondary N) is 1. The molecule has 0 saturated heterocycles. The molecule has 0 aromatic carbocycles. The first kappa shape index (κ1) is 30.1. The molecule has 1 fully saturated rings. The minimum absolute atomic E-state index is 0.105. The first-order valence-corrected chi connectivity index (χ1v) is 13.2. The van der Waals surface area contributed by atoms with Crippen molar-refractivity contribution in [2.24, 2.45) is 11.3 Å². The van der Waals surface area contributed by atoms with E-state index in [2.05, 4.69) is 15.1 Å². The molecule has 0 radical (unpaired) electrons. The molecule has 0 heterocycles. The van der Waals surface area contributed by atoms with E-state index in [1.165, 1.54) is 20.8 Å². The first-order valence-electron chi connectivity index (χ1n) is 11.6. The van der Waals surface area contributed by atoms with Crippen molar-refractivity contribution >= 4 is 28.1 Å². The van der Waals surface area contributed by atoms with Crippen LogP contribution < -0.4 is 5.32 Å². The Labute approximate surface area is 201 Å². The van der Waals surface area contributed by atoms with Gasteiger partial charge in [0, 0.05) is 18.9 Å². The lowest BCUT2D eigenvalue weighted by Crippen LogP contribution is -2.55. The Balaban J connectivity index is 2.75. The molecule has 1 saturated carbocycles. The highest BCUT2D eigenvalue weighted by atomic mass is 32.2. The Morgan fingerprint density at radius 2 is 1.71 bits per heavy atom. The Morgan fingerprint density at radius 1 is 1.09 bits per heavy atom. The highest BCUT2D eigenvalue weighted by molar-refractivity contribution is 7.86. The van der Waals surface area contributed by atoms with Crippen molar-refractivity contribution in [2.75, 3.05) is 18.9 Å². The summed E-state index contributed by atoms with van der Waals surface area (Å²) in [6.07, 6.45) is 2.86. The van der Waals surface area contributed by atoms with E-state index in [1.807, 2.05) is 0 Å². The van der Waals surface area contributed by atoms with Crippen LogP contribution in [0.4, 0.5) is 4.79 Å². The lowest BCUT2D eigenvalue weighted by molar-refractivity contribution is -0.270. The van der Waals surface area contributed by atoms with Crippen molar-refractivity contribution in [3.05, 3.63) is 0 Å². The van der Waals surface area contributed by atoms with Crippen molar-refractivity contribution in [3.63, 3.8) is 0 Å². The monoisotopic (exact) mass is 509 g/mol. The highest BCUT2D eigenvalue weighted by Crippen LogP contribution is 2.38. The van der Waals surface area contributed by atoms with Gasteiger partial charge in [-0.2, -0.15) is 13.2 Å². The van der Waals surface area contributed by atoms with Gasteiger partial charge in [-0.05, 0) is 44.4 Å². The zero-order valence-electron chi connectivity index (χ0n) is 20.8. The number of hydrogen-bond donors (Lipinski definition) is 2. The molecule has 0 unspecified atom stereocenters. The maximum Gasteiger partial charge on any atom is 0.550 e. The van der Waals surface area contributed by atoms with Crippen LogP contribution in [0.1, 0.15) is 79.6 Å². The maximum atomic E-state index is 12.8. The number of ether oxygens (including phenoxy) is 1. The van der Waals surface area contributed by atoms with Gasteiger partial charge in [0.25, 0.3) is 10.1 Å². The number of hydrogen-bond acceptors (Lipinski definition) is 10. The van der Waals surface area contributed by atoms with Crippen LogP contribution in [0.3, 0.4) is 0 Å². The summed E-state index contributed by atoms with van der Waals surface area (Å²) in [5, 5.41) is 13.7. The number of carbonyl (C=O) groups is 3. The van der Waals surface area contributed by atoms with E-state index >= 15 is 0 Å². The predicted molar refractivity (Wildman–Crippen MR) is 122 cm³/mol. The SMILES string of the molecule is CC(=O)NCCCS(=O)(=O)OCC(C)(C)[C@](O)(CC(C)C)C(=O)OOC(=O)OC1CCCCC1. The molecule has 0 aromatic rings. The van der Waals surface area contributed by atoms with Crippen LogP contribution >= 0.6 is 0 Å². The fourth-order valence-electron chi connectivity index (χ4n) is 3.64. The van der Waals surface area contributed by atoms with Gasteiger partial charge in [-0.25, -0.2) is 14.6 Å². The third-order valence-corrected chi connectivity index (χ3v) is 6.97. The predicted octanol–water partition coefficient (Wildman–Crippen LogP) is 2.61. The second kappa shape index (κ2) is 13.2. The van der Waals surface area contributed by atoms with Crippen LogP contribution in [0.25, 0.3) is 0 Å². The molecule has 0 spiro atoms. The number of aliphatic hydroxyl groups is 1. The van der Waals surface area contributed by atoms with Gasteiger partial charge in [0.1, 0.15) is 6.10 Å². The quantitative estimate of drug-likeness (QED) is 0.132. The molecule has 0 aliphatic heterocycles. The number of amides is 1. The van der Waals surface area contributed by atoms with Crippen LogP contribution in [0.2, 0.25) is 0 Å². The van der Waals surface area contributed by atoms with E-state index in [0.717, 1.165) is 19.3 Å². The molecule has 1 atom stereocenters. The molecule has 1 aliphatic rings. The third-order valence-electron chi connectivity index (χ3n) is 5.71. The fourth-order valence-corrected chi connectivity index (χ4v) is 4.72. The molecule has 1 rings (SSSR count). The van der Waals surface area contributed by atoms with E-state index in [0.29, 0.717) is 12.8 Å². The zero-order chi connectivity index (χ0) is 26.0. The molecule has 0 aromatic heterocycles. The minimum Gasteiger partial charge on any atom is -0.428 e. The summed E-state index contributed by atoms with van der Waals surface area (Å²) in [6.45, 7) is 7.37.